The van der Waals surface area contributed by atoms with E-state index in [9.17, 15) is 0 Å². The predicted molar refractivity (Wildman–Crippen MR) is 41.3 cm³/mol. The lowest BCUT2D eigenvalue weighted by Crippen LogP contribution is -1.95. The lowest BCUT2D eigenvalue weighted by Gasteiger charge is -2.04. The van der Waals surface area contributed by atoms with Gasteiger partial charge in [0.1, 0.15) is 0 Å². The molecular formula is C9H18. The van der Waals surface area contributed by atoms with Crippen molar-refractivity contribution in [2.45, 2.75) is 40.0 Å². The third-order valence-corrected chi connectivity index (χ3v) is 2.96. The van der Waals surface area contributed by atoms with Crippen LogP contribution in [0, 0.1) is 17.8 Å². The van der Waals surface area contributed by atoms with E-state index in [0.717, 1.165) is 17.8 Å². The summed E-state index contributed by atoms with van der Waals surface area (Å²) < 4.78 is 0. The van der Waals surface area contributed by atoms with E-state index in [-0.39, 0.29) is 0 Å². The van der Waals surface area contributed by atoms with Crippen LogP contribution in [-0.2, 0) is 0 Å². The van der Waals surface area contributed by atoms with Crippen LogP contribution < -0.4 is 0 Å². The highest BCUT2D eigenvalue weighted by molar-refractivity contribution is 4.76. The van der Waals surface area contributed by atoms with Crippen LogP contribution in [0.5, 0.6) is 0 Å². The molecule has 54 valence electrons. The van der Waals surface area contributed by atoms with E-state index in [1.165, 1.54) is 19.3 Å². The molecule has 9 heavy (non-hydrogen) atoms. The van der Waals surface area contributed by atoms with Crippen molar-refractivity contribution in [2.24, 2.45) is 17.8 Å². The molecular weight excluding hydrogens is 108 g/mol. The van der Waals surface area contributed by atoms with E-state index in [0.29, 0.717) is 0 Å². The summed E-state index contributed by atoms with van der Waals surface area (Å²) in [6.07, 6.45) is 4.37. The van der Waals surface area contributed by atoms with Gasteiger partial charge < -0.3 is 0 Å². The molecule has 1 rings (SSSR count). The van der Waals surface area contributed by atoms with Gasteiger partial charge in [0, 0.05) is 0 Å². The van der Waals surface area contributed by atoms with Crippen LogP contribution in [0.2, 0.25) is 0 Å². The number of rotatable bonds is 1. The Labute approximate surface area is 58.7 Å². The second-order valence-electron chi connectivity index (χ2n) is 3.70. The predicted octanol–water partition coefficient (Wildman–Crippen LogP) is 3.08. The third kappa shape index (κ3) is 1.47. The lowest BCUT2D eigenvalue weighted by molar-refractivity contribution is 0.457. The maximum Gasteiger partial charge on any atom is -0.0412 e. The Bertz CT molecular complexity index is 76.0. The highest BCUT2D eigenvalue weighted by Crippen LogP contribution is 2.36. The minimum atomic E-state index is 0.995. The topological polar surface area (TPSA) is 0 Å². The Kier molecular flexibility index (Phi) is 2.15. The molecule has 0 spiro atoms. The van der Waals surface area contributed by atoms with Crippen molar-refractivity contribution in [3.63, 3.8) is 0 Å². The fraction of sp³-hybridized carbons (Fsp3) is 1.00. The van der Waals surface area contributed by atoms with E-state index < -0.39 is 0 Å². The molecule has 0 amide bonds. The first-order valence-corrected chi connectivity index (χ1v) is 4.24. The summed E-state index contributed by atoms with van der Waals surface area (Å²) in [6.45, 7) is 7.09. The van der Waals surface area contributed by atoms with Crippen molar-refractivity contribution in [3.05, 3.63) is 0 Å². The van der Waals surface area contributed by atoms with Gasteiger partial charge in [-0.15, -0.1) is 0 Å². The second-order valence-corrected chi connectivity index (χ2v) is 3.70. The highest BCUT2D eigenvalue weighted by atomic mass is 14.3. The molecule has 0 heteroatoms. The summed E-state index contributed by atoms with van der Waals surface area (Å²) in [6, 6.07) is 0. The summed E-state index contributed by atoms with van der Waals surface area (Å²) in [5.74, 6) is 3.04. The van der Waals surface area contributed by atoms with Gasteiger partial charge in [-0.25, -0.2) is 0 Å². The summed E-state index contributed by atoms with van der Waals surface area (Å²) in [4.78, 5) is 0. The second kappa shape index (κ2) is 2.72. The van der Waals surface area contributed by atoms with Crippen LogP contribution in [0.25, 0.3) is 0 Å². The lowest BCUT2D eigenvalue weighted by atomic mass is 10.0. The molecule has 0 aliphatic heterocycles. The van der Waals surface area contributed by atoms with Crippen LogP contribution in [0.3, 0.4) is 0 Å². The van der Waals surface area contributed by atoms with Crippen molar-refractivity contribution in [1.29, 1.82) is 0 Å². The Morgan fingerprint density at radius 3 is 1.78 bits per heavy atom. The minimum absolute atomic E-state index is 0.995. The third-order valence-electron chi connectivity index (χ3n) is 2.96. The molecule has 0 bridgehead atoms. The zero-order valence-corrected chi connectivity index (χ0v) is 6.85. The van der Waals surface area contributed by atoms with Gasteiger partial charge >= 0.3 is 0 Å². The molecule has 0 aromatic carbocycles. The average Bonchev–Trinajstić information content (AvgIpc) is 2.13. The molecule has 3 atom stereocenters. The van der Waals surface area contributed by atoms with Crippen LogP contribution in [-0.4, -0.2) is 0 Å². The van der Waals surface area contributed by atoms with Crippen molar-refractivity contribution in [2.75, 3.05) is 0 Å². The molecule has 0 nitrogen and oxygen atoms in total. The molecule has 1 saturated carbocycles. The fourth-order valence-electron chi connectivity index (χ4n) is 1.95. The van der Waals surface area contributed by atoms with Gasteiger partial charge in [-0.2, -0.15) is 0 Å². The SMILES string of the molecule is CCC1C[C@@H](C)[C@@H](C)C1. The molecule has 1 aliphatic rings. The zero-order chi connectivity index (χ0) is 6.85. The maximum absolute atomic E-state index is 2.39. The molecule has 1 aliphatic carbocycles. The van der Waals surface area contributed by atoms with Gasteiger partial charge in [0.2, 0.25) is 0 Å². The van der Waals surface area contributed by atoms with Crippen LogP contribution in [0.1, 0.15) is 40.0 Å². The standard InChI is InChI=1S/C9H18/c1-4-9-5-7(2)8(3)6-9/h7-9H,4-6H2,1-3H3/t7-,8+,9?. The van der Waals surface area contributed by atoms with Crippen LogP contribution >= 0.6 is 0 Å². The Balaban J connectivity index is 2.35. The molecule has 0 radical (unpaired) electrons. The smallest absolute Gasteiger partial charge is 0.0412 e. The summed E-state index contributed by atoms with van der Waals surface area (Å²) in [5.41, 5.74) is 0. The van der Waals surface area contributed by atoms with Gasteiger partial charge in [0.15, 0.2) is 0 Å². The molecule has 1 unspecified atom stereocenters. The summed E-state index contributed by atoms with van der Waals surface area (Å²) >= 11 is 0. The molecule has 0 saturated heterocycles. The van der Waals surface area contributed by atoms with Gasteiger partial charge in [-0.1, -0.05) is 27.2 Å². The highest BCUT2D eigenvalue weighted by Gasteiger charge is 2.26. The summed E-state index contributed by atoms with van der Waals surface area (Å²) in [5, 5.41) is 0. The first kappa shape index (κ1) is 7.11. The Hall–Kier alpha value is 0. The van der Waals surface area contributed by atoms with E-state index in [1.54, 1.807) is 0 Å². The monoisotopic (exact) mass is 126 g/mol. The first-order valence-electron chi connectivity index (χ1n) is 4.24. The van der Waals surface area contributed by atoms with Crippen molar-refractivity contribution in [1.82, 2.24) is 0 Å². The minimum Gasteiger partial charge on any atom is -0.0651 e. The van der Waals surface area contributed by atoms with Crippen LogP contribution in [0.15, 0.2) is 0 Å². The first-order chi connectivity index (χ1) is 4.24. The van der Waals surface area contributed by atoms with Gasteiger partial charge in [-0.3, -0.25) is 0 Å². The van der Waals surface area contributed by atoms with E-state index in [1.807, 2.05) is 0 Å². The van der Waals surface area contributed by atoms with Crippen LogP contribution in [0.4, 0.5) is 0 Å². The van der Waals surface area contributed by atoms with Crippen molar-refractivity contribution in [3.8, 4) is 0 Å². The van der Waals surface area contributed by atoms with Gasteiger partial charge in [0.25, 0.3) is 0 Å². The van der Waals surface area contributed by atoms with E-state index in [4.69, 9.17) is 0 Å². The Morgan fingerprint density at radius 2 is 1.56 bits per heavy atom. The maximum atomic E-state index is 2.39. The Morgan fingerprint density at radius 1 is 1.11 bits per heavy atom. The number of hydrogen-bond acceptors (Lipinski definition) is 0. The fourth-order valence-corrected chi connectivity index (χ4v) is 1.95. The largest absolute Gasteiger partial charge is 0.0651 e. The number of hydrogen-bond donors (Lipinski definition) is 0. The van der Waals surface area contributed by atoms with Gasteiger partial charge in [0.05, 0.1) is 0 Å². The van der Waals surface area contributed by atoms with E-state index in [2.05, 4.69) is 20.8 Å². The zero-order valence-electron chi connectivity index (χ0n) is 6.85. The quantitative estimate of drug-likeness (QED) is 0.506. The van der Waals surface area contributed by atoms with E-state index >= 15 is 0 Å². The van der Waals surface area contributed by atoms with Gasteiger partial charge in [-0.05, 0) is 30.6 Å². The normalized spacial score (nSPS) is 43.7. The molecule has 0 aromatic rings. The summed E-state index contributed by atoms with van der Waals surface area (Å²) in [7, 11) is 0. The molecule has 0 N–H and O–H groups in total. The average molecular weight is 126 g/mol. The molecule has 1 fully saturated rings. The molecule has 0 heterocycles. The van der Waals surface area contributed by atoms with Crippen molar-refractivity contribution >= 4 is 0 Å². The molecule has 0 aromatic heterocycles. The van der Waals surface area contributed by atoms with Crippen molar-refractivity contribution < 1.29 is 0 Å².